The van der Waals surface area contributed by atoms with Crippen molar-refractivity contribution in [1.29, 1.82) is 10.7 Å². The summed E-state index contributed by atoms with van der Waals surface area (Å²) in [6.45, 7) is 0.121. The summed E-state index contributed by atoms with van der Waals surface area (Å²) in [5.74, 6) is -1.13. The minimum Gasteiger partial charge on any atom is -0.394 e. The molecular weight excluding hydrogens is 404 g/mol. The van der Waals surface area contributed by atoms with Crippen LogP contribution in [0.3, 0.4) is 0 Å². The Kier molecular flexibility index (Phi) is 6.98. The van der Waals surface area contributed by atoms with Crippen LogP contribution < -0.4 is 21.7 Å². The van der Waals surface area contributed by atoms with Gasteiger partial charge in [0.25, 0.3) is 5.91 Å². The van der Waals surface area contributed by atoms with Crippen LogP contribution in [0, 0.1) is 22.7 Å². The Labute approximate surface area is 181 Å². The molecule has 0 aromatic heterocycles. The summed E-state index contributed by atoms with van der Waals surface area (Å²) in [4.78, 5) is 11.9. The molecule has 7 N–H and O–H groups in total. The predicted octanol–water partition coefficient (Wildman–Crippen LogP) is 1.86. The molecule has 2 fully saturated rings. The molecule has 1 unspecified atom stereocenters. The van der Waals surface area contributed by atoms with E-state index >= 15 is 0 Å². The van der Waals surface area contributed by atoms with Crippen LogP contribution in [0.15, 0.2) is 36.0 Å². The number of nitrogens with one attached hydrogen (secondary N) is 4. The van der Waals surface area contributed by atoms with Crippen LogP contribution in [0.1, 0.15) is 32.1 Å². The monoisotopic (exact) mass is 430 g/mol. The van der Waals surface area contributed by atoms with E-state index < -0.39 is 5.91 Å². The first-order valence-corrected chi connectivity index (χ1v) is 10.4. The number of aliphatic hydroxyl groups excluding tert-OH is 1. The summed E-state index contributed by atoms with van der Waals surface area (Å²) in [7, 11) is 0. The van der Waals surface area contributed by atoms with Crippen molar-refractivity contribution < 1.29 is 9.90 Å². The number of nitrogens with two attached hydrogens (primary N) is 1. The van der Waals surface area contributed by atoms with Crippen molar-refractivity contribution in [3.8, 4) is 6.07 Å². The minimum absolute atomic E-state index is 0.000831. The van der Waals surface area contributed by atoms with E-state index in [1.165, 1.54) is 6.20 Å². The summed E-state index contributed by atoms with van der Waals surface area (Å²) in [6, 6.07) is 9.13. The second-order valence-electron chi connectivity index (χ2n) is 8.03. The average Bonchev–Trinajstić information content (AvgIpc) is 3.50. The highest BCUT2D eigenvalue weighted by molar-refractivity contribution is 6.30. The Morgan fingerprint density at radius 2 is 2.07 bits per heavy atom. The van der Waals surface area contributed by atoms with Crippen molar-refractivity contribution in [3.05, 3.63) is 41.1 Å². The lowest BCUT2D eigenvalue weighted by atomic mass is 9.82. The molecule has 8 nitrogen and oxygen atoms in total. The third kappa shape index (κ3) is 5.51. The molecule has 0 aliphatic heterocycles. The lowest BCUT2D eigenvalue weighted by molar-refractivity contribution is -0.114. The van der Waals surface area contributed by atoms with Crippen LogP contribution >= 0.6 is 11.6 Å². The molecule has 30 heavy (non-hydrogen) atoms. The van der Waals surface area contributed by atoms with E-state index in [1.807, 2.05) is 0 Å². The topological polar surface area (TPSA) is 147 Å². The van der Waals surface area contributed by atoms with Crippen molar-refractivity contribution >= 4 is 29.0 Å². The molecule has 2 aliphatic rings. The fourth-order valence-corrected chi connectivity index (χ4v) is 3.90. The Bertz CT molecular complexity index is 859. The maximum atomic E-state index is 11.9. The smallest absolute Gasteiger partial charge is 0.253 e. The molecule has 0 spiro atoms. The number of aliphatic hydroxyl groups is 1. The standard InChI is InChI=1S/C21H27ClN6O2/c22-14-1-3-15(4-2-14)27-19(24)17(20(25)30)11-26-18-6-5-16(9-13(18)10-23)28-21(12-29)7-8-21/h1-4,11,13,16,18,26,28-29H,5-9,12H2,(H2,24,27)(H2,25,30)/b17-11+/t13-,16+,18?/m1/s1. The van der Waals surface area contributed by atoms with Gasteiger partial charge >= 0.3 is 0 Å². The van der Waals surface area contributed by atoms with Crippen molar-refractivity contribution in [2.45, 2.75) is 49.7 Å². The average molecular weight is 431 g/mol. The molecule has 160 valence electrons. The van der Waals surface area contributed by atoms with E-state index in [4.69, 9.17) is 22.7 Å². The number of hydrogen-bond acceptors (Lipinski definition) is 6. The number of amides is 1. The Balaban J connectivity index is 1.61. The maximum absolute atomic E-state index is 11.9. The molecule has 9 heteroatoms. The fraction of sp³-hybridized carbons (Fsp3) is 0.476. The quantitative estimate of drug-likeness (QED) is 0.211. The van der Waals surface area contributed by atoms with E-state index in [1.54, 1.807) is 24.3 Å². The van der Waals surface area contributed by atoms with Gasteiger partial charge in [-0.2, -0.15) is 5.26 Å². The van der Waals surface area contributed by atoms with Gasteiger partial charge in [0, 0.05) is 34.5 Å². The van der Waals surface area contributed by atoms with Crippen LogP contribution in [0.25, 0.3) is 0 Å². The van der Waals surface area contributed by atoms with Gasteiger partial charge in [-0.05, 0) is 56.4 Å². The maximum Gasteiger partial charge on any atom is 0.253 e. The van der Waals surface area contributed by atoms with Gasteiger partial charge in [0.15, 0.2) is 0 Å². The Hall–Kier alpha value is -2.60. The molecule has 0 radical (unpaired) electrons. The zero-order valence-corrected chi connectivity index (χ0v) is 17.4. The SMILES string of the molecule is N#C[C@H]1C[C@@H](NC2(CO)CC2)CCC1N/C=C(\C(=N)Nc1ccc(Cl)cc1)C(N)=O. The number of primary amides is 1. The molecule has 0 heterocycles. The molecule has 2 saturated carbocycles. The molecule has 1 amide bonds. The van der Waals surface area contributed by atoms with Gasteiger partial charge in [0.05, 0.1) is 24.2 Å². The van der Waals surface area contributed by atoms with Gasteiger partial charge in [-0.15, -0.1) is 0 Å². The minimum atomic E-state index is -0.739. The number of amidine groups is 1. The second-order valence-corrected chi connectivity index (χ2v) is 8.47. The van der Waals surface area contributed by atoms with E-state index in [-0.39, 0.29) is 41.6 Å². The Morgan fingerprint density at radius 3 is 2.63 bits per heavy atom. The third-order valence-electron chi connectivity index (χ3n) is 5.77. The van der Waals surface area contributed by atoms with Crippen LogP contribution in [0.5, 0.6) is 0 Å². The molecule has 1 aromatic carbocycles. The summed E-state index contributed by atoms with van der Waals surface area (Å²) >= 11 is 5.86. The molecule has 1 aromatic rings. The molecule has 2 aliphatic carbocycles. The Morgan fingerprint density at radius 1 is 1.37 bits per heavy atom. The number of nitriles is 1. The first-order chi connectivity index (χ1) is 14.4. The first-order valence-electron chi connectivity index (χ1n) is 10.0. The van der Waals surface area contributed by atoms with Gasteiger partial charge in [-0.25, -0.2) is 0 Å². The van der Waals surface area contributed by atoms with Crippen LogP contribution in [0.2, 0.25) is 5.02 Å². The second kappa shape index (κ2) is 9.47. The van der Waals surface area contributed by atoms with Gasteiger partial charge in [0.2, 0.25) is 0 Å². The highest BCUT2D eigenvalue weighted by Gasteiger charge is 2.44. The molecule has 0 saturated heterocycles. The van der Waals surface area contributed by atoms with E-state index in [0.29, 0.717) is 17.1 Å². The molecule has 3 rings (SSSR count). The van der Waals surface area contributed by atoms with Crippen LogP contribution in [-0.2, 0) is 4.79 Å². The van der Waals surface area contributed by atoms with Crippen molar-refractivity contribution in [2.75, 3.05) is 11.9 Å². The first kappa shape index (κ1) is 22.1. The molecule has 0 bridgehead atoms. The third-order valence-corrected chi connectivity index (χ3v) is 6.02. The number of carbonyl (C=O) groups excluding carboxylic acids is 1. The molecular formula is C21H27ClN6O2. The van der Waals surface area contributed by atoms with E-state index in [2.05, 4.69) is 22.0 Å². The van der Waals surface area contributed by atoms with E-state index in [0.717, 1.165) is 25.7 Å². The van der Waals surface area contributed by atoms with E-state index in [9.17, 15) is 15.2 Å². The number of benzene rings is 1. The van der Waals surface area contributed by atoms with Crippen molar-refractivity contribution in [2.24, 2.45) is 11.7 Å². The lowest BCUT2D eigenvalue weighted by Gasteiger charge is -2.35. The summed E-state index contributed by atoms with van der Waals surface area (Å²) in [6.07, 6.45) is 5.61. The highest BCUT2D eigenvalue weighted by Crippen LogP contribution is 2.37. The highest BCUT2D eigenvalue weighted by atomic mass is 35.5. The van der Waals surface area contributed by atoms with Crippen LogP contribution in [-0.4, -0.2) is 41.1 Å². The van der Waals surface area contributed by atoms with Gasteiger partial charge in [-0.1, -0.05) is 11.6 Å². The largest absolute Gasteiger partial charge is 0.394 e. The van der Waals surface area contributed by atoms with Crippen molar-refractivity contribution in [1.82, 2.24) is 10.6 Å². The number of rotatable bonds is 8. The number of hydrogen-bond donors (Lipinski definition) is 6. The van der Waals surface area contributed by atoms with Crippen molar-refractivity contribution in [3.63, 3.8) is 0 Å². The summed E-state index contributed by atoms with van der Waals surface area (Å²) in [5.41, 5.74) is 5.91. The lowest BCUT2D eigenvalue weighted by Crippen LogP contribution is -2.49. The van der Waals surface area contributed by atoms with Crippen LogP contribution in [0.4, 0.5) is 5.69 Å². The number of carbonyl (C=O) groups is 1. The van der Waals surface area contributed by atoms with Gasteiger partial charge in [0.1, 0.15) is 5.84 Å². The zero-order chi connectivity index (χ0) is 21.7. The summed E-state index contributed by atoms with van der Waals surface area (Å²) in [5, 5.41) is 37.3. The fourth-order valence-electron chi connectivity index (χ4n) is 3.78. The van der Waals surface area contributed by atoms with Gasteiger partial charge < -0.3 is 26.8 Å². The molecule has 3 atom stereocenters. The number of anilines is 1. The zero-order valence-electron chi connectivity index (χ0n) is 16.6. The number of nitrogens with zero attached hydrogens (tertiary/aromatic N) is 1. The van der Waals surface area contributed by atoms with Gasteiger partial charge in [-0.3, -0.25) is 10.2 Å². The number of halogens is 1. The summed E-state index contributed by atoms with van der Waals surface area (Å²) < 4.78 is 0. The normalized spacial score (nSPS) is 25.1. The predicted molar refractivity (Wildman–Crippen MR) is 116 cm³/mol.